The van der Waals surface area contributed by atoms with E-state index >= 15 is 0 Å². The second-order valence-electron chi connectivity index (χ2n) is 12.0. The Kier molecular flexibility index (Phi) is 9.47. The number of esters is 1. The van der Waals surface area contributed by atoms with Crippen molar-refractivity contribution in [1.82, 2.24) is 4.90 Å². The lowest BCUT2D eigenvalue weighted by atomic mass is 9.71. The van der Waals surface area contributed by atoms with Gasteiger partial charge in [-0.1, -0.05) is 54.6 Å². The number of aryl methyl sites for hydroxylation is 2. The van der Waals surface area contributed by atoms with E-state index in [9.17, 15) is 19.5 Å². The van der Waals surface area contributed by atoms with Gasteiger partial charge < -0.3 is 19.6 Å². The number of allylic oxidation sites excluding steroid dienone is 1. The molecule has 3 saturated heterocycles. The number of nitrogens with zero attached hydrogens (tertiary/aromatic N) is 2. The molecule has 1 N–H and O–H groups in total. The van der Waals surface area contributed by atoms with Crippen LogP contribution in [-0.4, -0.2) is 69.6 Å². The average Bonchev–Trinajstić information content (AvgIpc) is 3.66. The average molecular weight is 603 g/mol. The van der Waals surface area contributed by atoms with Crippen LogP contribution in [0.5, 0.6) is 0 Å². The summed E-state index contributed by atoms with van der Waals surface area (Å²) in [7, 11) is 0. The molecule has 3 aliphatic heterocycles. The van der Waals surface area contributed by atoms with Gasteiger partial charge >= 0.3 is 5.97 Å². The van der Waals surface area contributed by atoms with Crippen LogP contribution < -0.4 is 4.90 Å². The summed E-state index contributed by atoms with van der Waals surface area (Å²) in [6, 6.07) is 14.2. The summed E-state index contributed by atoms with van der Waals surface area (Å²) in [6.07, 6.45) is 6.67. The first-order chi connectivity index (χ1) is 20.8. The van der Waals surface area contributed by atoms with E-state index in [-0.39, 0.29) is 42.8 Å². The first kappa shape index (κ1) is 31.1. The first-order valence-corrected chi connectivity index (χ1v) is 16.1. The summed E-state index contributed by atoms with van der Waals surface area (Å²) in [6.45, 7) is 11.9. The van der Waals surface area contributed by atoms with Crippen LogP contribution in [0.25, 0.3) is 0 Å². The molecular weight excluding hydrogens is 560 g/mol. The van der Waals surface area contributed by atoms with Crippen molar-refractivity contribution in [3.8, 4) is 0 Å². The molecule has 0 aromatic heterocycles. The molecule has 6 atom stereocenters. The van der Waals surface area contributed by atoms with Crippen LogP contribution in [0.1, 0.15) is 42.4 Å². The van der Waals surface area contributed by atoms with Crippen LogP contribution in [-0.2, 0) is 25.5 Å². The maximum Gasteiger partial charge on any atom is 0.310 e. The van der Waals surface area contributed by atoms with E-state index in [0.29, 0.717) is 19.3 Å². The molecule has 0 aliphatic carbocycles. The molecular formula is C35H42N2O5S. The maximum atomic E-state index is 14.9. The molecule has 0 saturated carbocycles. The number of aliphatic hydroxyl groups excluding tert-OH is 1. The number of unbranched alkanes of at least 4 members (excludes halogenated alkanes) is 1. The highest BCUT2D eigenvalue weighted by Crippen LogP contribution is 2.67. The number of benzene rings is 2. The quantitative estimate of drug-likeness (QED) is 0.197. The van der Waals surface area contributed by atoms with Gasteiger partial charge in [-0.3, -0.25) is 14.4 Å². The molecule has 1 spiro atoms. The second-order valence-corrected chi connectivity index (χ2v) is 13.6. The number of hydrogen-bond donors (Lipinski definition) is 1. The van der Waals surface area contributed by atoms with E-state index in [2.05, 4.69) is 13.2 Å². The molecule has 2 unspecified atom stereocenters. The predicted molar refractivity (Wildman–Crippen MR) is 171 cm³/mol. The molecule has 5 rings (SSSR count). The fourth-order valence-electron chi connectivity index (χ4n) is 7.26. The van der Waals surface area contributed by atoms with Gasteiger partial charge in [-0.15, -0.1) is 24.9 Å². The second kappa shape index (κ2) is 13.1. The van der Waals surface area contributed by atoms with Crippen molar-refractivity contribution >= 4 is 35.2 Å². The van der Waals surface area contributed by atoms with Gasteiger partial charge in [0, 0.05) is 17.5 Å². The van der Waals surface area contributed by atoms with E-state index in [1.54, 1.807) is 33.7 Å². The third-order valence-electron chi connectivity index (χ3n) is 9.19. The predicted octanol–water partition coefficient (Wildman–Crippen LogP) is 5.03. The van der Waals surface area contributed by atoms with Gasteiger partial charge in [0.05, 0.1) is 35.8 Å². The smallest absolute Gasteiger partial charge is 0.310 e. The van der Waals surface area contributed by atoms with E-state index in [0.717, 1.165) is 35.2 Å². The van der Waals surface area contributed by atoms with Gasteiger partial charge in [-0.2, -0.15) is 0 Å². The zero-order valence-electron chi connectivity index (χ0n) is 25.1. The molecule has 43 heavy (non-hydrogen) atoms. The van der Waals surface area contributed by atoms with Crippen molar-refractivity contribution in [2.24, 2.45) is 11.8 Å². The van der Waals surface area contributed by atoms with Crippen LogP contribution in [0, 0.1) is 25.7 Å². The fourth-order valence-corrected chi connectivity index (χ4v) is 9.45. The highest BCUT2D eigenvalue weighted by atomic mass is 32.2. The standard InChI is InChI=1S/C35H42N2O5S/c1-5-7-11-19-42-34(41)29-28-16-17-35(43-28)30(29)32(39)37(26(22-38)21-25-12-9-8-10-13-25)31(35)33(40)36(18-6-2)27-20-23(3)14-15-24(27)4/h5-6,8-10,12-15,20,26,28-31,38H,1-2,7,11,16-19,21-22H2,3-4H3/t26-,28+,29-,30+,31?,35?/m1/s1. The number of rotatable bonds is 13. The Morgan fingerprint density at radius 2 is 1.95 bits per heavy atom. The van der Waals surface area contributed by atoms with Crippen molar-refractivity contribution in [2.45, 2.75) is 68.0 Å². The number of hydrogen-bond acceptors (Lipinski definition) is 6. The Hall–Kier alpha value is -3.36. The summed E-state index contributed by atoms with van der Waals surface area (Å²) in [4.78, 5) is 46.4. The van der Waals surface area contributed by atoms with Crippen LogP contribution in [0.3, 0.4) is 0 Å². The number of aliphatic hydroxyl groups is 1. The highest BCUT2D eigenvalue weighted by molar-refractivity contribution is 8.02. The minimum atomic E-state index is -0.848. The van der Waals surface area contributed by atoms with Crippen molar-refractivity contribution in [1.29, 1.82) is 0 Å². The maximum absolute atomic E-state index is 14.9. The van der Waals surface area contributed by atoms with Gasteiger partial charge in [-0.05, 0) is 68.7 Å². The summed E-state index contributed by atoms with van der Waals surface area (Å²) >= 11 is 1.61. The van der Waals surface area contributed by atoms with Crippen LogP contribution >= 0.6 is 11.8 Å². The van der Waals surface area contributed by atoms with Crippen molar-refractivity contribution in [2.75, 3.05) is 24.7 Å². The number of carbonyl (C=O) groups is 3. The monoisotopic (exact) mass is 602 g/mol. The van der Waals surface area contributed by atoms with Gasteiger partial charge in [0.25, 0.3) is 5.91 Å². The molecule has 8 heteroatoms. The molecule has 2 bridgehead atoms. The zero-order valence-corrected chi connectivity index (χ0v) is 25.9. The normalized spacial score (nSPS) is 26.2. The Labute approximate surface area is 259 Å². The number of fused-ring (bicyclic) bond motifs is 1. The Morgan fingerprint density at radius 3 is 2.65 bits per heavy atom. The zero-order chi connectivity index (χ0) is 30.7. The Bertz CT molecular complexity index is 1380. The van der Waals surface area contributed by atoms with E-state index in [1.165, 1.54) is 0 Å². The molecule has 2 aromatic rings. The van der Waals surface area contributed by atoms with E-state index in [4.69, 9.17) is 4.74 Å². The minimum Gasteiger partial charge on any atom is -0.465 e. The first-order valence-electron chi connectivity index (χ1n) is 15.2. The highest BCUT2D eigenvalue weighted by Gasteiger charge is 2.74. The third-order valence-corrected chi connectivity index (χ3v) is 11.1. The van der Waals surface area contributed by atoms with Crippen molar-refractivity contribution < 1.29 is 24.2 Å². The number of amides is 2. The SMILES string of the molecule is C=CCCCOC(=O)[C@@H]1[C@@H]2CCC3(S2)C(C(=O)N(CC=C)c2cc(C)ccc2C)N([C@@H](CO)Cc2ccccc2)C(=O)[C@H]13. The Morgan fingerprint density at radius 1 is 1.19 bits per heavy atom. The molecule has 3 fully saturated rings. The van der Waals surface area contributed by atoms with Crippen molar-refractivity contribution in [3.05, 3.63) is 90.5 Å². The van der Waals surface area contributed by atoms with Crippen LogP contribution in [0.15, 0.2) is 73.8 Å². The lowest BCUT2D eigenvalue weighted by Gasteiger charge is -2.40. The molecule has 2 amide bonds. The third kappa shape index (κ3) is 5.67. The van der Waals surface area contributed by atoms with Crippen LogP contribution in [0.2, 0.25) is 0 Å². The lowest BCUT2D eigenvalue weighted by Crippen LogP contribution is -2.58. The summed E-state index contributed by atoms with van der Waals surface area (Å²) < 4.78 is 4.92. The largest absolute Gasteiger partial charge is 0.465 e. The Balaban J connectivity index is 1.57. The minimum absolute atomic E-state index is 0.0893. The van der Waals surface area contributed by atoms with E-state index in [1.807, 2.05) is 62.4 Å². The number of ether oxygens (including phenoxy) is 1. The number of thioether (sulfide) groups is 1. The van der Waals surface area contributed by atoms with E-state index < -0.39 is 28.7 Å². The number of anilines is 1. The molecule has 228 valence electrons. The molecule has 2 aromatic carbocycles. The molecule has 0 radical (unpaired) electrons. The summed E-state index contributed by atoms with van der Waals surface area (Å²) in [5, 5.41) is 10.6. The summed E-state index contributed by atoms with van der Waals surface area (Å²) in [5.41, 5.74) is 3.70. The number of likely N-dealkylation sites (tertiary alicyclic amines) is 1. The lowest BCUT2D eigenvalue weighted by molar-refractivity contribution is -0.154. The van der Waals surface area contributed by atoms with Gasteiger partial charge in [0.1, 0.15) is 6.04 Å². The molecule has 3 aliphatic rings. The van der Waals surface area contributed by atoms with Gasteiger partial charge in [0.2, 0.25) is 5.91 Å². The van der Waals surface area contributed by atoms with Crippen LogP contribution in [0.4, 0.5) is 5.69 Å². The summed E-state index contributed by atoms with van der Waals surface area (Å²) in [5.74, 6) is -2.12. The number of carbonyl (C=O) groups excluding carboxylic acids is 3. The van der Waals surface area contributed by atoms with Gasteiger partial charge in [-0.25, -0.2) is 0 Å². The van der Waals surface area contributed by atoms with Gasteiger partial charge in [0.15, 0.2) is 0 Å². The molecule has 7 nitrogen and oxygen atoms in total. The molecule has 3 heterocycles. The topological polar surface area (TPSA) is 87.2 Å². The van der Waals surface area contributed by atoms with Crippen molar-refractivity contribution in [3.63, 3.8) is 0 Å². The fraction of sp³-hybridized carbons (Fsp3) is 0.457.